The molecule has 5 heterocycles. The predicted octanol–water partition coefficient (Wildman–Crippen LogP) is 5.44. The van der Waals surface area contributed by atoms with E-state index in [0.717, 1.165) is 16.3 Å². The Kier molecular flexibility index (Phi) is 9.77. The van der Waals surface area contributed by atoms with Gasteiger partial charge in [-0.2, -0.15) is 0 Å². The van der Waals surface area contributed by atoms with E-state index in [4.69, 9.17) is 0 Å². The second kappa shape index (κ2) is 15.1. The Morgan fingerprint density at radius 1 is 0.965 bits per heavy atom. The zero-order chi connectivity index (χ0) is 39.8. The van der Waals surface area contributed by atoms with E-state index in [1.807, 2.05) is 37.3 Å². The Morgan fingerprint density at radius 2 is 1.79 bits per heavy atom. The van der Waals surface area contributed by atoms with Gasteiger partial charge in [0, 0.05) is 90.2 Å². The van der Waals surface area contributed by atoms with Gasteiger partial charge < -0.3 is 20.5 Å². The summed E-state index contributed by atoms with van der Waals surface area (Å²) in [5, 5.41) is 10.0. The maximum atomic E-state index is 16.1. The number of aryl methyl sites for hydroxylation is 1. The molecule has 1 fully saturated rings. The number of pyridine rings is 2. The number of nitrogens with one attached hydrogen (secondary N) is 4. The van der Waals surface area contributed by atoms with Crippen LogP contribution in [0.5, 0.6) is 0 Å². The van der Waals surface area contributed by atoms with Crippen molar-refractivity contribution >= 4 is 51.2 Å². The molecule has 1 saturated heterocycles. The van der Waals surface area contributed by atoms with Crippen molar-refractivity contribution in [1.82, 2.24) is 35.8 Å². The third kappa shape index (κ3) is 6.75. The highest BCUT2D eigenvalue weighted by Crippen LogP contribution is 2.37. The van der Waals surface area contributed by atoms with E-state index >= 15 is 4.39 Å². The predicted molar refractivity (Wildman–Crippen MR) is 211 cm³/mol. The summed E-state index contributed by atoms with van der Waals surface area (Å²) in [4.78, 5) is 76.2. The summed E-state index contributed by atoms with van der Waals surface area (Å²) in [7, 11) is 1.56. The fraction of sp³-hybridized carbons (Fsp3) is 0.205. The SMILES string of the molecule is CCc1c(F)c(-c2cccc3cc(-c4ccc(C(=O)NCCC#Cc5cccc6c5CN(C5CCC(=O)NC5=O)C6=O)nc4)ncc23)cc2c(C(=O)NC)c[nH]c12. The molecule has 0 bridgehead atoms. The molecule has 1 atom stereocenters. The number of fused-ring (bicyclic) bond motifs is 3. The first-order valence-electron chi connectivity index (χ1n) is 18.6. The van der Waals surface area contributed by atoms with Crippen molar-refractivity contribution < 1.29 is 28.4 Å². The van der Waals surface area contributed by atoms with E-state index in [-0.39, 0.29) is 61.1 Å². The summed E-state index contributed by atoms with van der Waals surface area (Å²) >= 11 is 0. The van der Waals surface area contributed by atoms with Crippen molar-refractivity contribution in [1.29, 1.82) is 0 Å². The van der Waals surface area contributed by atoms with Gasteiger partial charge in [-0.15, -0.1) is 0 Å². The first-order valence-corrected chi connectivity index (χ1v) is 18.6. The number of carbonyl (C=O) groups is 5. The second-order valence-electron chi connectivity index (χ2n) is 13.8. The number of hydrogen-bond donors (Lipinski definition) is 4. The fourth-order valence-corrected chi connectivity index (χ4v) is 7.60. The van der Waals surface area contributed by atoms with Crippen LogP contribution in [0, 0.1) is 17.7 Å². The van der Waals surface area contributed by atoms with Gasteiger partial charge in [-0.3, -0.25) is 39.3 Å². The molecule has 0 spiro atoms. The van der Waals surface area contributed by atoms with E-state index in [1.54, 1.807) is 56.0 Å². The molecule has 0 aliphatic carbocycles. The molecule has 12 nitrogen and oxygen atoms in total. The highest BCUT2D eigenvalue weighted by atomic mass is 19.1. The standard InChI is InChI=1S/C44H36FN7O5/c1-3-27-39(45)30(19-31-33(41(54)46-2)22-50-40(27)31)28-11-7-10-25-18-36(49-21-32(25)28)26-13-14-35(48-20-26)42(55)47-17-5-4-8-24-9-6-12-29-34(24)23-52(44(29)57)37-15-16-38(53)51-43(37)56/h6-7,9-14,18-22,37,50H,3,5,15-17,23H2,1-2H3,(H,46,54)(H,47,55)(H,51,53,56). The van der Waals surface area contributed by atoms with Crippen LogP contribution in [0.2, 0.25) is 0 Å². The number of hydrogen-bond acceptors (Lipinski definition) is 7. The van der Waals surface area contributed by atoms with Crippen LogP contribution >= 0.6 is 0 Å². The number of piperidine rings is 1. The zero-order valence-electron chi connectivity index (χ0n) is 31.1. The van der Waals surface area contributed by atoms with E-state index in [1.165, 1.54) is 4.90 Å². The van der Waals surface area contributed by atoms with Crippen LogP contribution < -0.4 is 16.0 Å². The van der Waals surface area contributed by atoms with E-state index < -0.39 is 11.9 Å². The molecular weight excluding hydrogens is 726 g/mol. The van der Waals surface area contributed by atoms with Crippen molar-refractivity contribution in [2.75, 3.05) is 13.6 Å². The largest absolute Gasteiger partial charge is 0.360 e. The molecule has 2 aliphatic heterocycles. The molecule has 0 radical (unpaired) electrons. The minimum absolute atomic E-state index is 0.181. The van der Waals surface area contributed by atoms with Crippen LogP contribution in [0.15, 0.2) is 79.3 Å². The summed E-state index contributed by atoms with van der Waals surface area (Å²) < 4.78 is 16.1. The van der Waals surface area contributed by atoms with Crippen LogP contribution in [-0.4, -0.2) is 69.0 Å². The van der Waals surface area contributed by atoms with E-state index in [9.17, 15) is 24.0 Å². The van der Waals surface area contributed by atoms with Gasteiger partial charge in [-0.25, -0.2) is 4.39 Å². The quantitative estimate of drug-likeness (QED) is 0.0911. The van der Waals surface area contributed by atoms with Gasteiger partial charge in [0.15, 0.2) is 0 Å². The highest BCUT2D eigenvalue weighted by molar-refractivity contribution is 6.10. The molecule has 0 saturated carbocycles. The smallest absolute Gasteiger partial charge is 0.269 e. The Bertz CT molecular complexity index is 2730. The maximum Gasteiger partial charge on any atom is 0.269 e. The van der Waals surface area contributed by atoms with Gasteiger partial charge in [0.25, 0.3) is 17.7 Å². The van der Waals surface area contributed by atoms with Crippen molar-refractivity contribution in [3.63, 3.8) is 0 Å². The summed E-state index contributed by atoms with van der Waals surface area (Å²) in [6.07, 6.45) is 6.12. The maximum absolute atomic E-state index is 16.1. The molecule has 4 N–H and O–H groups in total. The minimum atomic E-state index is -0.704. The fourth-order valence-electron chi connectivity index (χ4n) is 7.60. The van der Waals surface area contributed by atoms with Crippen molar-refractivity contribution in [3.8, 4) is 34.2 Å². The van der Waals surface area contributed by atoms with Gasteiger partial charge in [-0.05, 0) is 65.8 Å². The number of halogens is 1. The van der Waals surface area contributed by atoms with Crippen LogP contribution in [0.1, 0.15) is 74.1 Å². The average Bonchev–Trinajstić information content (AvgIpc) is 3.80. The molecule has 13 heteroatoms. The van der Waals surface area contributed by atoms with Crippen molar-refractivity contribution in [2.45, 2.75) is 45.2 Å². The minimum Gasteiger partial charge on any atom is -0.360 e. The summed E-state index contributed by atoms with van der Waals surface area (Å²) in [6.45, 7) is 2.37. The number of imide groups is 1. The highest BCUT2D eigenvalue weighted by Gasteiger charge is 2.39. The molecule has 284 valence electrons. The Morgan fingerprint density at radius 3 is 2.56 bits per heavy atom. The van der Waals surface area contributed by atoms with Crippen LogP contribution in [-0.2, 0) is 22.6 Å². The van der Waals surface area contributed by atoms with Gasteiger partial charge in [0.05, 0.1) is 16.8 Å². The van der Waals surface area contributed by atoms with Gasteiger partial charge >= 0.3 is 0 Å². The van der Waals surface area contributed by atoms with Crippen LogP contribution in [0.25, 0.3) is 44.1 Å². The lowest BCUT2D eigenvalue weighted by atomic mass is 9.93. The number of aromatic nitrogens is 3. The van der Waals surface area contributed by atoms with Crippen molar-refractivity contribution in [3.05, 3.63) is 119 Å². The first kappa shape index (κ1) is 36.8. The number of aromatic amines is 1. The van der Waals surface area contributed by atoms with Crippen molar-refractivity contribution in [2.24, 2.45) is 0 Å². The van der Waals surface area contributed by atoms with E-state index in [0.29, 0.717) is 68.4 Å². The first-order chi connectivity index (χ1) is 27.7. The zero-order valence-corrected chi connectivity index (χ0v) is 31.1. The second-order valence-corrected chi connectivity index (χ2v) is 13.8. The topological polar surface area (TPSA) is 166 Å². The number of benzene rings is 3. The molecule has 3 aromatic heterocycles. The number of carbonyl (C=O) groups excluding carboxylic acids is 5. The monoisotopic (exact) mass is 761 g/mol. The Balaban J connectivity index is 0.932. The molecule has 3 aromatic carbocycles. The van der Waals surface area contributed by atoms with E-state index in [2.05, 4.69) is 42.7 Å². The normalized spacial score (nSPS) is 15.0. The lowest BCUT2D eigenvalue weighted by Gasteiger charge is -2.29. The van der Waals surface area contributed by atoms with Gasteiger partial charge in [-0.1, -0.05) is 43.0 Å². The number of nitrogens with zero attached hydrogens (tertiary/aromatic N) is 3. The van der Waals surface area contributed by atoms with Gasteiger partial charge in [0.2, 0.25) is 11.8 Å². The molecule has 6 aromatic rings. The summed E-state index contributed by atoms with van der Waals surface area (Å²) in [5.41, 5.74) is 6.01. The average molecular weight is 762 g/mol. The Labute approximate surface area is 326 Å². The number of rotatable bonds is 8. The summed E-state index contributed by atoms with van der Waals surface area (Å²) in [6, 6.07) is 17.2. The molecule has 57 heavy (non-hydrogen) atoms. The third-order valence-electron chi connectivity index (χ3n) is 10.5. The summed E-state index contributed by atoms with van der Waals surface area (Å²) in [5.74, 6) is 4.12. The lowest BCUT2D eigenvalue weighted by molar-refractivity contribution is -0.136. The lowest BCUT2D eigenvalue weighted by Crippen LogP contribution is -2.52. The third-order valence-corrected chi connectivity index (χ3v) is 10.5. The van der Waals surface area contributed by atoms with Crippen LogP contribution in [0.3, 0.4) is 0 Å². The molecule has 5 amide bonds. The molecular formula is C44H36FN7O5. The molecule has 2 aliphatic rings. The number of amides is 5. The molecule has 8 rings (SSSR count). The molecule has 1 unspecified atom stereocenters. The number of H-pyrrole nitrogens is 1. The van der Waals surface area contributed by atoms with Gasteiger partial charge in [0.1, 0.15) is 17.6 Å². The van der Waals surface area contributed by atoms with Crippen LogP contribution in [0.4, 0.5) is 4.39 Å². The Hall–Kier alpha value is -7.20.